The summed E-state index contributed by atoms with van der Waals surface area (Å²) in [5, 5.41) is 5.81. The molecule has 0 radical (unpaired) electrons. The molecule has 1 aliphatic rings. The van der Waals surface area contributed by atoms with Crippen molar-refractivity contribution in [1.29, 1.82) is 0 Å². The Bertz CT molecular complexity index is 762. The van der Waals surface area contributed by atoms with Crippen LogP contribution in [-0.2, 0) is 9.59 Å². The van der Waals surface area contributed by atoms with Gasteiger partial charge in [-0.15, -0.1) is 11.8 Å². The van der Waals surface area contributed by atoms with E-state index >= 15 is 0 Å². The van der Waals surface area contributed by atoms with Crippen LogP contribution in [0.2, 0.25) is 0 Å². The van der Waals surface area contributed by atoms with Crippen molar-refractivity contribution in [3.63, 3.8) is 0 Å². The van der Waals surface area contributed by atoms with Gasteiger partial charge < -0.3 is 15.4 Å². The highest BCUT2D eigenvalue weighted by molar-refractivity contribution is 8.00. The van der Waals surface area contributed by atoms with Crippen molar-refractivity contribution in [3.8, 4) is 5.75 Å². The van der Waals surface area contributed by atoms with Gasteiger partial charge in [0.2, 0.25) is 11.8 Å². The molecular weight excluding hydrogens is 336 g/mol. The number of thioether (sulfide) groups is 1. The number of carbonyl (C=O) groups is 2. The molecule has 1 aliphatic heterocycles. The molecule has 2 aromatic carbocycles. The van der Waals surface area contributed by atoms with E-state index in [9.17, 15) is 9.59 Å². The standard InChI is InChI=1S/C19H20N2O3S/c1-13(22)20-14-6-8-15(9-7-14)25-12-19(23)21-17-10-11-24-18-5-3-2-4-16(17)18/h2-9,17H,10-12H2,1H3,(H,20,22)(H,21,23)/t17-/m0/s1. The van der Waals surface area contributed by atoms with Gasteiger partial charge in [0.05, 0.1) is 18.4 Å². The fourth-order valence-corrected chi connectivity index (χ4v) is 3.42. The molecule has 130 valence electrons. The Morgan fingerprint density at radius 1 is 1.16 bits per heavy atom. The second-order valence-corrected chi connectivity index (χ2v) is 6.84. The molecule has 6 heteroatoms. The molecule has 2 N–H and O–H groups in total. The Morgan fingerprint density at radius 2 is 1.92 bits per heavy atom. The number of carbonyl (C=O) groups excluding carboxylic acids is 2. The zero-order chi connectivity index (χ0) is 17.6. The molecular formula is C19H20N2O3S. The highest BCUT2D eigenvalue weighted by Gasteiger charge is 2.22. The molecule has 0 aliphatic carbocycles. The predicted molar refractivity (Wildman–Crippen MR) is 98.9 cm³/mol. The van der Waals surface area contributed by atoms with Crippen LogP contribution in [0.25, 0.3) is 0 Å². The molecule has 0 saturated carbocycles. The first-order chi connectivity index (χ1) is 12.1. The third-order valence-corrected chi connectivity index (χ3v) is 4.85. The summed E-state index contributed by atoms with van der Waals surface area (Å²) in [4.78, 5) is 24.3. The molecule has 1 atom stereocenters. The average Bonchev–Trinajstić information content (AvgIpc) is 2.61. The van der Waals surface area contributed by atoms with Crippen LogP contribution in [0.3, 0.4) is 0 Å². The fourth-order valence-electron chi connectivity index (χ4n) is 2.71. The monoisotopic (exact) mass is 356 g/mol. The quantitative estimate of drug-likeness (QED) is 0.806. The molecule has 0 aromatic heterocycles. The van der Waals surface area contributed by atoms with Crippen LogP contribution in [0.1, 0.15) is 24.9 Å². The number of para-hydroxylation sites is 1. The maximum absolute atomic E-state index is 12.3. The van der Waals surface area contributed by atoms with Gasteiger partial charge in [-0.25, -0.2) is 0 Å². The normalized spacial score (nSPS) is 15.6. The molecule has 25 heavy (non-hydrogen) atoms. The lowest BCUT2D eigenvalue weighted by Crippen LogP contribution is -2.33. The maximum Gasteiger partial charge on any atom is 0.230 e. The van der Waals surface area contributed by atoms with Gasteiger partial charge in [-0.05, 0) is 30.3 Å². The first kappa shape index (κ1) is 17.4. The third-order valence-electron chi connectivity index (χ3n) is 3.84. The first-order valence-electron chi connectivity index (χ1n) is 8.13. The fraction of sp³-hybridized carbons (Fsp3) is 0.263. The van der Waals surface area contributed by atoms with Crippen LogP contribution < -0.4 is 15.4 Å². The highest BCUT2D eigenvalue weighted by Crippen LogP contribution is 2.31. The molecule has 0 fully saturated rings. The summed E-state index contributed by atoms with van der Waals surface area (Å²) in [6, 6.07) is 15.3. The number of fused-ring (bicyclic) bond motifs is 1. The van der Waals surface area contributed by atoms with Gasteiger partial charge in [0, 0.05) is 29.5 Å². The molecule has 0 unspecified atom stereocenters. The van der Waals surface area contributed by atoms with Gasteiger partial charge in [-0.3, -0.25) is 9.59 Å². The number of anilines is 1. The zero-order valence-corrected chi connectivity index (χ0v) is 14.8. The molecule has 0 bridgehead atoms. The summed E-state index contributed by atoms with van der Waals surface area (Å²) < 4.78 is 5.62. The number of rotatable bonds is 5. The van der Waals surface area contributed by atoms with Crippen molar-refractivity contribution in [3.05, 3.63) is 54.1 Å². The van der Waals surface area contributed by atoms with E-state index in [1.807, 2.05) is 48.5 Å². The Hall–Kier alpha value is -2.47. The Kier molecular flexibility index (Phi) is 5.60. The summed E-state index contributed by atoms with van der Waals surface area (Å²) in [5.41, 5.74) is 1.78. The summed E-state index contributed by atoms with van der Waals surface area (Å²) in [5.74, 6) is 1.09. The van der Waals surface area contributed by atoms with E-state index in [2.05, 4.69) is 10.6 Å². The van der Waals surface area contributed by atoms with E-state index in [0.29, 0.717) is 12.4 Å². The van der Waals surface area contributed by atoms with Gasteiger partial charge in [0.1, 0.15) is 5.75 Å². The van der Waals surface area contributed by atoms with E-state index in [-0.39, 0.29) is 17.9 Å². The van der Waals surface area contributed by atoms with Crippen molar-refractivity contribution in [1.82, 2.24) is 5.32 Å². The molecule has 3 rings (SSSR count). The van der Waals surface area contributed by atoms with Crippen molar-refractivity contribution < 1.29 is 14.3 Å². The molecule has 0 saturated heterocycles. The highest BCUT2D eigenvalue weighted by atomic mass is 32.2. The number of ether oxygens (including phenoxy) is 1. The number of hydrogen-bond donors (Lipinski definition) is 2. The Morgan fingerprint density at radius 3 is 2.68 bits per heavy atom. The van der Waals surface area contributed by atoms with Crippen molar-refractivity contribution in [2.24, 2.45) is 0 Å². The number of benzene rings is 2. The zero-order valence-electron chi connectivity index (χ0n) is 14.0. The van der Waals surface area contributed by atoms with E-state index in [4.69, 9.17) is 4.74 Å². The topological polar surface area (TPSA) is 67.4 Å². The summed E-state index contributed by atoms with van der Waals surface area (Å²) in [6.45, 7) is 2.08. The van der Waals surface area contributed by atoms with E-state index in [1.165, 1.54) is 18.7 Å². The summed E-state index contributed by atoms with van der Waals surface area (Å²) >= 11 is 1.47. The van der Waals surface area contributed by atoms with Gasteiger partial charge >= 0.3 is 0 Å². The predicted octanol–water partition coefficient (Wildman–Crippen LogP) is 3.38. The lowest BCUT2D eigenvalue weighted by Gasteiger charge is -2.26. The average molecular weight is 356 g/mol. The Labute approximate surface area is 151 Å². The third kappa shape index (κ3) is 4.76. The lowest BCUT2D eigenvalue weighted by atomic mass is 10.0. The first-order valence-corrected chi connectivity index (χ1v) is 9.12. The van der Waals surface area contributed by atoms with Crippen molar-refractivity contribution in [2.75, 3.05) is 17.7 Å². The SMILES string of the molecule is CC(=O)Nc1ccc(SCC(=O)N[C@H]2CCOc3ccccc32)cc1. The van der Waals surface area contributed by atoms with E-state index in [1.54, 1.807) is 0 Å². The van der Waals surface area contributed by atoms with Gasteiger partial charge in [0.15, 0.2) is 0 Å². The molecule has 2 aromatic rings. The van der Waals surface area contributed by atoms with Gasteiger partial charge in [-0.2, -0.15) is 0 Å². The van der Waals surface area contributed by atoms with Crippen molar-refractivity contribution in [2.45, 2.75) is 24.3 Å². The second kappa shape index (κ2) is 8.07. The minimum atomic E-state index is -0.100. The number of nitrogens with one attached hydrogen (secondary N) is 2. The number of amides is 2. The van der Waals surface area contributed by atoms with Crippen LogP contribution >= 0.6 is 11.8 Å². The van der Waals surface area contributed by atoms with Crippen LogP contribution in [0, 0.1) is 0 Å². The maximum atomic E-state index is 12.3. The van der Waals surface area contributed by atoms with E-state index in [0.717, 1.165) is 28.3 Å². The van der Waals surface area contributed by atoms with Crippen molar-refractivity contribution >= 4 is 29.3 Å². The largest absolute Gasteiger partial charge is 0.493 e. The molecule has 5 nitrogen and oxygen atoms in total. The number of hydrogen-bond acceptors (Lipinski definition) is 4. The molecule has 1 heterocycles. The van der Waals surface area contributed by atoms with Crippen LogP contribution in [-0.4, -0.2) is 24.2 Å². The smallest absolute Gasteiger partial charge is 0.230 e. The van der Waals surface area contributed by atoms with Crippen LogP contribution in [0.15, 0.2) is 53.4 Å². The van der Waals surface area contributed by atoms with E-state index < -0.39 is 0 Å². The van der Waals surface area contributed by atoms with Gasteiger partial charge in [0.25, 0.3) is 0 Å². The Balaban J connectivity index is 1.53. The lowest BCUT2D eigenvalue weighted by molar-refractivity contribution is -0.119. The minimum absolute atomic E-state index is 0.000178. The molecule has 0 spiro atoms. The second-order valence-electron chi connectivity index (χ2n) is 5.79. The summed E-state index contributed by atoms with van der Waals surface area (Å²) in [7, 11) is 0. The minimum Gasteiger partial charge on any atom is -0.493 e. The van der Waals surface area contributed by atoms with Crippen LogP contribution in [0.5, 0.6) is 5.75 Å². The summed E-state index contributed by atoms with van der Waals surface area (Å²) in [6.07, 6.45) is 0.777. The molecule has 2 amide bonds. The van der Waals surface area contributed by atoms with Gasteiger partial charge in [-0.1, -0.05) is 18.2 Å². The van der Waals surface area contributed by atoms with Crippen LogP contribution in [0.4, 0.5) is 5.69 Å².